The van der Waals surface area contributed by atoms with Gasteiger partial charge < -0.3 is 19.0 Å². The van der Waals surface area contributed by atoms with E-state index in [1.54, 1.807) is 7.11 Å². The molecule has 0 aliphatic carbocycles. The number of nitrogens with zero attached hydrogens (tertiary/aromatic N) is 2. The number of methoxy groups -OCH3 is 1. The summed E-state index contributed by atoms with van der Waals surface area (Å²) in [6.45, 7) is 5.91. The second-order valence-electron chi connectivity index (χ2n) is 6.74. The monoisotopic (exact) mass is 338 g/mol. The molecular weight excluding hydrogens is 316 g/mol. The molecule has 25 heavy (non-hydrogen) atoms. The van der Waals surface area contributed by atoms with Crippen LogP contribution in [0.5, 0.6) is 5.75 Å². The van der Waals surface area contributed by atoms with Gasteiger partial charge in [-0.1, -0.05) is 30.3 Å². The van der Waals surface area contributed by atoms with Gasteiger partial charge in [0.2, 0.25) is 0 Å². The Morgan fingerprint density at radius 3 is 2.60 bits per heavy atom. The van der Waals surface area contributed by atoms with Crippen molar-refractivity contribution in [2.75, 3.05) is 7.11 Å². The first-order chi connectivity index (χ1) is 12.0. The third-order valence-corrected chi connectivity index (χ3v) is 5.41. The van der Waals surface area contributed by atoms with Crippen molar-refractivity contribution in [3.8, 4) is 5.75 Å². The van der Waals surface area contributed by atoms with Crippen LogP contribution in [0.25, 0.3) is 5.65 Å². The first kappa shape index (κ1) is 16.1. The number of aliphatic hydroxyl groups excluding tert-OH is 1. The number of hydrogen-bond donors (Lipinski definition) is 1. The summed E-state index contributed by atoms with van der Waals surface area (Å²) in [5, 5.41) is 11.0. The molecule has 0 bridgehead atoms. The van der Waals surface area contributed by atoms with Gasteiger partial charge in [-0.05, 0) is 32.4 Å². The number of fused-ring (bicyclic) bond motifs is 3. The van der Waals surface area contributed by atoms with Crippen molar-refractivity contribution in [3.63, 3.8) is 0 Å². The minimum absolute atomic E-state index is 0.526. The van der Waals surface area contributed by atoms with Crippen LogP contribution in [0.15, 0.2) is 42.6 Å². The van der Waals surface area contributed by atoms with Gasteiger partial charge in [0.25, 0.3) is 0 Å². The van der Waals surface area contributed by atoms with Gasteiger partial charge >= 0.3 is 0 Å². The van der Waals surface area contributed by atoms with Crippen LogP contribution in [0.2, 0.25) is 0 Å². The van der Waals surface area contributed by atoms with E-state index >= 15 is 0 Å². The molecule has 5 heteroatoms. The molecule has 5 nitrogen and oxygen atoms in total. The summed E-state index contributed by atoms with van der Waals surface area (Å²) < 4.78 is 14.1. The number of hydrogen-bond acceptors (Lipinski definition) is 4. The summed E-state index contributed by atoms with van der Waals surface area (Å²) in [6, 6.07) is 11.7. The lowest BCUT2D eigenvalue weighted by molar-refractivity contribution is -0.150. The van der Waals surface area contributed by atoms with Gasteiger partial charge in [0, 0.05) is 24.6 Å². The Hall–Kier alpha value is -2.37. The van der Waals surface area contributed by atoms with Crippen molar-refractivity contribution in [1.82, 2.24) is 9.38 Å². The van der Waals surface area contributed by atoms with E-state index < -0.39 is 17.8 Å². The van der Waals surface area contributed by atoms with Crippen LogP contribution in [0.3, 0.4) is 0 Å². The predicted octanol–water partition coefficient (Wildman–Crippen LogP) is 3.31. The molecule has 1 N–H and O–H groups in total. The van der Waals surface area contributed by atoms with E-state index in [2.05, 4.69) is 4.98 Å². The van der Waals surface area contributed by atoms with Crippen molar-refractivity contribution in [1.29, 1.82) is 0 Å². The van der Waals surface area contributed by atoms with E-state index in [-0.39, 0.29) is 0 Å². The van der Waals surface area contributed by atoms with E-state index in [0.29, 0.717) is 5.75 Å². The van der Waals surface area contributed by atoms with Crippen molar-refractivity contribution in [2.24, 2.45) is 0 Å². The third-order valence-electron chi connectivity index (χ3n) is 5.41. The molecule has 0 saturated carbocycles. The van der Waals surface area contributed by atoms with Gasteiger partial charge in [-0.15, -0.1) is 0 Å². The zero-order chi connectivity index (χ0) is 17.8. The zero-order valence-electron chi connectivity index (χ0n) is 14.9. The Morgan fingerprint density at radius 2 is 1.92 bits per heavy atom. The van der Waals surface area contributed by atoms with Gasteiger partial charge in [0.1, 0.15) is 11.7 Å². The van der Waals surface area contributed by atoms with Crippen LogP contribution in [-0.4, -0.2) is 27.7 Å². The number of aliphatic hydroxyl groups is 1. The van der Waals surface area contributed by atoms with Crippen LogP contribution in [-0.2, 0) is 10.3 Å². The van der Waals surface area contributed by atoms with Gasteiger partial charge in [-0.25, -0.2) is 4.98 Å². The fourth-order valence-corrected chi connectivity index (χ4v) is 3.59. The van der Waals surface area contributed by atoms with Crippen LogP contribution in [0.4, 0.5) is 0 Å². The molecule has 3 heterocycles. The van der Waals surface area contributed by atoms with Crippen LogP contribution in [0.1, 0.15) is 35.5 Å². The summed E-state index contributed by atoms with van der Waals surface area (Å²) >= 11 is 0. The summed E-state index contributed by atoms with van der Waals surface area (Å²) in [6.07, 6.45) is 0.592. The minimum Gasteiger partial charge on any atom is -0.479 e. The Morgan fingerprint density at radius 1 is 1.20 bits per heavy atom. The molecule has 0 radical (unpaired) electrons. The van der Waals surface area contributed by atoms with Crippen molar-refractivity contribution >= 4 is 5.65 Å². The number of aromatic nitrogens is 2. The standard InChI is InChI=1S/C20H22N2O3/c1-12-13(2)22-11-10-15-17(19(22)21-12)25-16(14-8-6-5-7-9-14)18(23)20(15,3)24-4/h5-11,16,18,23H,1-4H3/t16-,18-,20-/m1/s1. The molecule has 0 unspecified atom stereocenters. The average Bonchev–Trinajstić information content (AvgIpc) is 2.93. The molecule has 2 aromatic heterocycles. The van der Waals surface area contributed by atoms with Gasteiger partial charge in [-0.3, -0.25) is 0 Å². The maximum absolute atomic E-state index is 11.0. The Labute approximate surface area is 146 Å². The maximum atomic E-state index is 11.0. The quantitative estimate of drug-likeness (QED) is 0.779. The summed E-state index contributed by atoms with van der Waals surface area (Å²) in [5.74, 6) is 0.669. The second kappa shape index (κ2) is 5.58. The smallest absolute Gasteiger partial charge is 0.180 e. The normalized spacial score (nSPS) is 25.6. The van der Waals surface area contributed by atoms with Crippen molar-refractivity contribution < 1.29 is 14.6 Å². The molecule has 130 valence electrons. The SMILES string of the molecule is CO[C@]1(C)c2ccn3c(C)c(C)nc3c2O[C@H](c2ccccc2)[C@H]1O. The van der Waals surface area contributed by atoms with E-state index in [1.165, 1.54) is 0 Å². The lowest BCUT2D eigenvalue weighted by atomic mass is 9.82. The third kappa shape index (κ3) is 2.19. The summed E-state index contributed by atoms with van der Waals surface area (Å²) in [7, 11) is 1.62. The van der Waals surface area contributed by atoms with Crippen molar-refractivity contribution in [2.45, 2.75) is 38.6 Å². The highest BCUT2D eigenvalue weighted by atomic mass is 16.5. The average molecular weight is 338 g/mol. The number of imidazole rings is 1. The van der Waals surface area contributed by atoms with Crippen LogP contribution in [0, 0.1) is 13.8 Å². The fourth-order valence-electron chi connectivity index (χ4n) is 3.59. The Kier molecular flexibility index (Phi) is 3.60. The van der Waals surface area contributed by atoms with E-state index in [1.807, 2.05) is 67.8 Å². The number of benzene rings is 1. The molecule has 0 amide bonds. The number of aryl methyl sites for hydroxylation is 2. The molecule has 0 spiro atoms. The lowest BCUT2D eigenvalue weighted by Gasteiger charge is -2.43. The largest absolute Gasteiger partial charge is 0.479 e. The van der Waals surface area contributed by atoms with Crippen LogP contribution < -0.4 is 4.74 Å². The van der Waals surface area contributed by atoms with Crippen molar-refractivity contribution in [3.05, 3.63) is 65.1 Å². The molecular formula is C20H22N2O3. The van der Waals surface area contributed by atoms with Gasteiger partial charge in [0.15, 0.2) is 17.5 Å². The zero-order valence-corrected chi connectivity index (χ0v) is 14.9. The van der Waals surface area contributed by atoms with E-state index in [0.717, 1.165) is 28.2 Å². The Bertz CT molecular complexity index is 935. The summed E-state index contributed by atoms with van der Waals surface area (Å²) in [4.78, 5) is 4.68. The van der Waals surface area contributed by atoms with Crippen LogP contribution >= 0.6 is 0 Å². The first-order valence-corrected chi connectivity index (χ1v) is 8.41. The number of pyridine rings is 1. The highest BCUT2D eigenvalue weighted by Crippen LogP contribution is 2.48. The summed E-state index contributed by atoms with van der Waals surface area (Å²) in [5.41, 5.74) is 3.62. The predicted molar refractivity (Wildman–Crippen MR) is 94.8 cm³/mol. The maximum Gasteiger partial charge on any atom is 0.180 e. The lowest BCUT2D eigenvalue weighted by Crippen LogP contribution is -2.47. The molecule has 4 rings (SSSR count). The molecule has 3 atom stereocenters. The molecule has 0 saturated heterocycles. The fraction of sp³-hybridized carbons (Fsp3) is 0.350. The van der Waals surface area contributed by atoms with E-state index in [9.17, 15) is 5.11 Å². The molecule has 0 fully saturated rings. The number of ether oxygens (including phenoxy) is 2. The highest BCUT2D eigenvalue weighted by Gasteiger charge is 2.48. The van der Waals surface area contributed by atoms with Gasteiger partial charge in [-0.2, -0.15) is 0 Å². The molecule has 3 aromatic rings. The van der Waals surface area contributed by atoms with E-state index in [4.69, 9.17) is 9.47 Å². The highest BCUT2D eigenvalue weighted by molar-refractivity contribution is 5.63. The first-order valence-electron chi connectivity index (χ1n) is 8.41. The Balaban J connectivity index is 1.97. The number of rotatable bonds is 2. The second-order valence-corrected chi connectivity index (χ2v) is 6.74. The molecule has 1 aromatic carbocycles. The molecule has 1 aliphatic heterocycles. The molecule has 1 aliphatic rings. The van der Waals surface area contributed by atoms with Gasteiger partial charge in [0.05, 0.1) is 5.69 Å². The topological polar surface area (TPSA) is 56.0 Å². The minimum atomic E-state index is -0.885.